The van der Waals surface area contributed by atoms with Gasteiger partial charge in [0.2, 0.25) is 5.91 Å². The summed E-state index contributed by atoms with van der Waals surface area (Å²) in [7, 11) is 0. The number of likely N-dealkylation sites (tertiary alicyclic amines) is 1. The SMILES string of the molecule is Cc1ccc2n1-c1ccccc1OC21CCN(C(=O)CC(C)(C)C)CC1. The summed E-state index contributed by atoms with van der Waals surface area (Å²) in [4.78, 5) is 14.6. The average molecular weight is 352 g/mol. The molecule has 1 saturated heterocycles. The van der Waals surface area contributed by atoms with E-state index in [0.717, 1.165) is 37.4 Å². The van der Waals surface area contributed by atoms with Crippen LogP contribution in [-0.4, -0.2) is 28.5 Å². The van der Waals surface area contributed by atoms with Gasteiger partial charge in [0.25, 0.3) is 0 Å². The molecular weight excluding hydrogens is 324 g/mol. The van der Waals surface area contributed by atoms with Gasteiger partial charge in [0, 0.05) is 38.0 Å². The Balaban J connectivity index is 1.61. The molecule has 2 aliphatic heterocycles. The number of benzene rings is 1. The summed E-state index contributed by atoms with van der Waals surface area (Å²) in [5.74, 6) is 1.20. The molecule has 3 heterocycles. The van der Waals surface area contributed by atoms with Crippen molar-refractivity contribution >= 4 is 5.91 Å². The number of fused-ring (bicyclic) bond motifs is 4. The van der Waals surface area contributed by atoms with Gasteiger partial charge in [0.15, 0.2) is 5.60 Å². The number of nitrogens with zero attached hydrogens (tertiary/aromatic N) is 2. The quantitative estimate of drug-likeness (QED) is 0.761. The second kappa shape index (κ2) is 5.90. The van der Waals surface area contributed by atoms with E-state index in [0.29, 0.717) is 6.42 Å². The number of aromatic nitrogens is 1. The molecule has 0 saturated carbocycles. The third kappa shape index (κ3) is 2.81. The number of aryl methyl sites for hydroxylation is 1. The van der Waals surface area contributed by atoms with Crippen LogP contribution in [0.4, 0.5) is 0 Å². The number of carbonyl (C=O) groups is 1. The van der Waals surface area contributed by atoms with Gasteiger partial charge in [-0.05, 0) is 36.6 Å². The fourth-order valence-corrected chi connectivity index (χ4v) is 4.25. The standard InChI is InChI=1S/C22H28N2O2/c1-16-9-10-19-22(26-18-8-6-5-7-17(18)24(16)19)11-13-23(14-12-22)20(25)15-21(2,3)4/h5-10H,11-15H2,1-4H3. The minimum absolute atomic E-state index is 0.0261. The highest BCUT2D eigenvalue weighted by Crippen LogP contribution is 2.45. The average Bonchev–Trinajstić information content (AvgIpc) is 2.97. The van der Waals surface area contributed by atoms with Gasteiger partial charge in [0.1, 0.15) is 5.75 Å². The highest BCUT2D eigenvalue weighted by molar-refractivity contribution is 5.77. The lowest BCUT2D eigenvalue weighted by atomic mass is 9.85. The van der Waals surface area contributed by atoms with Crippen molar-refractivity contribution < 1.29 is 9.53 Å². The number of ether oxygens (including phenoxy) is 1. The summed E-state index contributed by atoms with van der Waals surface area (Å²) in [5.41, 5.74) is 3.25. The maximum atomic E-state index is 12.6. The molecule has 2 aliphatic rings. The number of para-hydroxylation sites is 2. The highest BCUT2D eigenvalue weighted by atomic mass is 16.5. The van der Waals surface area contributed by atoms with Gasteiger partial charge in [-0.3, -0.25) is 4.79 Å². The normalized spacial score (nSPS) is 18.2. The number of piperidine rings is 1. The first-order chi connectivity index (χ1) is 12.3. The zero-order valence-corrected chi connectivity index (χ0v) is 16.2. The fourth-order valence-electron chi connectivity index (χ4n) is 4.25. The number of hydrogen-bond donors (Lipinski definition) is 0. The Morgan fingerprint density at radius 2 is 1.81 bits per heavy atom. The predicted octanol–water partition coefficient (Wildman–Crippen LogP) is 4.43. The molecule has 0 aliphatic carbocycles. The Hall–Kier alpha value is -2.23. The van der Waals surface area contributed by atoms with Crippen molar-refractivity contribution in [3.63, 3.8) is 0 Å². The summed E-state index contributed by atoms with van der Waals surface area (Å²) in [6.07, 6.45) is 2.26. The summed E-state index contributed by atoms with van der Waals surface area (Å²) in [6, 6.07) is 12.6. The molecule has 1 amide bonds. The van der Waals surface area contributed by atoms with E-state index in [2.05, 4.69) is 62.6 Å². The van der Waals surface area contributed by atoms with E-state index in [1.165, 1.54) is 11.4 Å². The van der Waals surface area contributed by atoms with Crippen LogP contribution in [0.1, 0.15) is 51.4 Å². The lowest BCUT2D eigenvalue weighted by Crippen LogP contribution is -2.50. The molecule has 2 aromatic rings. The smallest absolute Gasteiger partial charge is 0.223 e. The van der Waals surface area contributed by atoms with E-state index in [1.807, 2.05) is 11.0 Å². The topological polar surface area (TPSA) is 34.5 Å². The second-order valence-corrected chi connectivity index (χ2v) is 8.88. The molecule has 0 N–H and O–H groups in total. The minimum Gasteiger partial charge on any atom is -0.479 e. The first-order valence-electron chi connectivity index (χ1n) is 9.54. The number of carbonyl (C=O) groups excluding carboxylic acids is 1. The second-order valence-electron chi connectivity index (χ2n) is 8.88. The van der Waals surface area contributed by atoms with Crippen molar-refractivity contribution in [1.82, 2.24) is 9.47 Å². The molecule has 1 aromatic carbocycles. The Labute approximate surface area is 155 Å². The predicted molar refractivity (Wildman–Crippen MR) is 103 cm³/mol. The van der Waals surface area contributed by atoms with Crippen molar-refractivity contribution in [1.29, 1.82) is 0 Å². The van der Waals surface area contributed by atoms with E-state index >= 15 is 0 Å². The lowest BCUT2D eigenvalue weighted by molar-refractivity contribution is -0.137. The van der Waals surface area contributed by atoms with Crippen LogP contribution in [-0.2, 0) is 10.4 Å². The van der Waals surface area contributed by atoms with Crippen LogP contribution in [0.5, 0.6) is 5.75 Å². The summed E-state index contributed by atoms with van der Waals surface area (Å²) in [6.45, 7) is 10.00. The maximum absolute atomic E-state index is 12.6. The van der Waals surface area contributed by atoms with Crippen LogP contribution >= 0.6 is 0 Å². The largest absolute Gasteiger partial charge is 0.479 e. The molecule has 4 rings (SSSR count). The summed E-state index contributed by atoms with van der Waals surface area (Å²) < 4.78 is 8.90. The van der Waals surface area contributed by atoms with Gasteiger partial charge in [-0.2, -0.15) is 0 Å². The third-order valence-corrected chi connectivity index (χ3v) is 5.56. The van der Waals surface area contributed by atoms with Crippen LogP contribution in [0, 0.1) is 12.3 Å². The number of amides is 1. The van der Waals surface area contributed by atoms with Crippen LogP contribution in [0.15, 0.2) is 36.4 Å². The van der Waals surface area contributed by atoms with Gasteiger partial charge >= 0.3 is 0 Å². The zero-order chi connectivity index (χ0) is 18.5. The van der Waals surface area contributed by atoms with Gasteiger partial charge in [-0.25, -0.2) is 0 Å². The minimum atomic E-state index is -0.332. The first kappa shape index (κ1) is 17.2. The molecule has 0 atom stereocenters. The maximum Gasteiger partial charge on any atom is 0.223 e. The van der Waals surface area contributed by atoms with E-state index in [9.17, 15) is 4.79 Å². The summed E-state index contributed by atoms with van der Waals surface area (Å²) >= 11 is 0. The molecular formula is C22H28N2O2. The van der Waals surface area contributed by atoms with Gasteiger partial charge < -0.3 is 14.2 Å². The Morgan fingerprint density at radius 1 is 1.12 bits per heavy atom. The van der Waals surface area contributed by atoms with E-state index < -0.39 is 0 Å². The molecule has 26 heavy (non-hydrogen) atoms. The molecule has 0 unspecified atom stereocenters. The molecule has 138 valence electrons. The Kier molecular flexibility index (Phi) is 3.90. The third-order valence-electron chi connectivity index (χ3n) is 5.56. The molecule has 1 spiro atoms. The van der Waals surface area contributed by atoms with Crippen molar-refractivity contribution in [2.24, 2.45) is 5.41 Å². The van der Waals surface area contributed by atoms with E-state index in [1.54, 1.807) is 0 Å². The van der Waals surface area contributed by atoms with Crippen molar-refractivity contribution in [2.75, 3.05) is 13.1 Å². The van der Waals surface area contributed by atoms with Crippen LogP contribution in [0.3, 0.4) is 0 Å². The molecule has 4 nitrogen and oxygen atoms in total. The van der Waals surface area contributed by atoms with Crippen LogP contribution < -0.4 is 4.74 Å². The van der Waals surface area contributed by atoms with Gasteiger partial charge in [0.05, 0.1) is 11.4 Å². The monoisotopic (exact) mass is 352 g/mol. The molecule has 1 aromatic heterocycles. The summed E-state index contributed by atoms with van der Waals surface area (Å²) in [5, 5.41) is 0. The Bertz CT molecular complexity index is 836. The zero-order valence-electron chi connectivity index (χ0n) is 16.2. The molecule has 0 radical (unpaired) electrons. The fraction of sp³-hybridized carbons (Fsp3) is 0.500. The molecule has 1 fully saturated rings. The first-order valence-corrected chi connectivity index (χ1v) is 9.54. The van der Waals surface area contributed by atoms with Gasteiger partial charge in [-0.1, -0.05) is 32.9 Å². The number of hydrogen-bond acceptors (Lipinski definition) is 2. The van der Waals surface area contributed by atoms with E-state index in [-0.39, 0.29) is 16.9 Å². The van der Waals surface area contributed by atoms with Crippen molar-refractivity contribution in [3.8, 4) is 11.4 Å². The van der Waals surface area contributed by atoms with Crippen molar-refractivity contribution in [2.45, 2.75) is 52.6 Å². The van der Waals surface area contributed by atoms with E-state index in [4.69, 9.17) is 4.74 Å². The molecule has 4 heteroatoms. The van der Waals surface area contributed by atoms with Crippen LogP contribution in [0.25, 0.3) is 5.69 Å². The van der Waals surface area contributed by atoms with Gasteiger partial charge in [-0.15, -0.1) is 0 Å². The Morgan fingerprint density at radius 3 is 2.50 bits per heavy atom. The van der Waals surface area contributed by atoms with Crippen LogP contribution in [0.2, 0.25) is 0 Å². The molecule has 0 bridgehead atoms. The van der Waals surface area contributed by atoms with Crippen molar-refractivity contribution in [3.05, 3.63) is 47.8 Å². The number of rotatable bonds is 1. The lowest BCUT2D eigenvalue weighted by Gasteiger charge is -2.45. The highest BCUT2D eigenvalue weighted by Gasteiger charge is 2.45.